The number of benzene rings is 1. The number of H-pyrrole nitrogens is 1. The topological polar surface area (TPSA) is 55.4 Å². The van der Waals surface area contributed by atoms with Crippen LogP contribution >= 0.6 is 0 Å². The summed E-state index contributed by atoms with van der Waals surface area (Å²) in [6, 6.07) is 6.50. The van der Waals surface area contributed by atoms with Crippen molar-refractivity contribution in [1.29, 1.82) is 0 Å². The van der Waals surface area contributed by atoms with Gasteiger partial charge in [0.15, 0.2) is 0 Å². The maximum Gasteiger partial charge on any atom is 0.0912 e. The summed E-state index contributed by atoms with van der Waals surface area (Å²) < 4.78 is 0. The van der Waals surface area contributed by atoms with Crippen molar-refractivity contribution in [3.63, 3.8) is 0 Å². The number of hydrogen-bond acceptors (Lipinski definition) is 4. The predicted octanol–water partition coefficient (Wildman–Crippen LogP) is 2.19. The highest BCUT2D eigenvalue weighted by Crippen LogP contribution is 2.29. The first-order chi connectivity index (χ1) is 11.4. The van der Waals surface area contributed by atoms with E-state index in [4.69, 9.17) is 0 Å². The van der Waals surface area contributed by atoms with Gasteiger partial charge in [0.1, 0.15) is 0 Å². The molecule has 0 spiro atoms. The Morgan fingerprint density at radius 1 is 1.33 bits per heavy atom. The summed E-state index contributed by atoms with van der Waals surface area (Å²) in [6.07, 6.45) is 2.74. The highest BCUT2D eigenvalue weighted by molar-refractivity contribution is 5.67. The van der Waals surface area contributed by atoms with Crippen molar-refractivity contribution in [2.24, 2.45) is 0 Å². The lowest BCUT2D eigenvalue weighted by atomic mass is 10.0. The molecule has 2 aromatic rings. The van der Waals surface area contributed by atoms with Gasteiger partial charge in [0.2, 0.25) is 0 Å². The molecular weight excluding hydrogens is 300 g/mol. The smallest absolute Gasteiger partial charge is 0.0912 e. The zero-order chi connectivity index (χ0) is 17.3. The molecule has 1 unspecified atom stereocenters. The van der Waals surface area contributed by atoms with E-state index in [-0.39, 0.29) is 0 Å². The predicted molar refractivity (Wildman–Crippen MR) is 96.9 cm³/mol. The van der Waals surface area contributed by atoms with Crippen LogP contribution in [0.2, 0.25) is 0 Å². The van der Waals surface area contributed by atoms with E-state index in [1.165, 1.54) is 22.3 Å². The first kappa shape index (κ1) is 17.1. The summed E-state index contributed by atoms with van der Waals surface area (Å²) in [6.45, 7) is 7.39. The number of aromatic amines is 1. The van der Waals surface area contributed by atoms with Crippen molar-refractivity contribution < 1.29 is 5.11 Å². The lowest BCUT2D eigenvalue weighted by molar-refractivity contribution is 0.0240. The molecule has 1 atom stereocenters. The van der Waals surface area contributed by atoms with Gasteiger partial charge in [-0.1, -0.05) is 17.7 Å². The van der Waals surface area contributed by atoms with Gasteiger partial charge in [-0.2, -0.15) is 5.10 Å². The first-order valence-electron chi connectivity index (χ1n) is 8.56. The highest BCUT2D eigenvalue weighted by atomic mass is 16.3. The van der Waals surface area contributed by atoms with E-state index in [0.717, 1.165) is 25.2 Å². The Balaban J connectivity index is 1.76. The van der Waals surface area contributed by atoms with E-state index < -0.39 is 5.60 Å². The third-order valence-electron chi connectivity index (χ3n) is 4.80. The molecule has 130 valence electrons. The highest BCUT2D eigenvalue weighted by Gasteiger charge is 2.36. The average Bonchev–Trinajstić information content (AvgIpc) is 3.08. The number of β-amino-alcohol motifs (C(OH)–C–C–N with tert-alkyl or cyclic N) is 1. The molecule has 1 saturated heterocycles. The second-order valence-corrected chi connectivity index (χ2v) is 7.51. The molecule has 0 saturated carbocycles. The molecule has 2 N–H and O–H groups in total. The van der Waals surface area contributed by atoms with Crippen LogP contribution in [0.5, 0.6) is 0 Å². The number of aromatic nitrogens is 2. The minimum Gasteiger partial charge on any atom is -0.387 e. The quantitative estimate of drug-likeness (QED) is 0.883. The zero-order valence-corrected chi connectivity index (χ0v) is 15.1. The normalized spacial score (nSPS) is 21.8. The van der Waals surface area contributed by atoms with Gasteiger partial charge >= 0.3 is 0 Å². The SMILES string of the molecule is Cc1ccc(C)c(-c2[nH]ncc2CN2CCC(O)(CN(C)C)C2)c1. The van der Waals surface area contributed by atoms with Crippen LogP contribution in [0.3, 0.4) is 0 Å². The molecule has 0 aliphatic carbocycles. The molecule has 3 rings (SSSR count). The lowest BCUT2D eigenvalue weighted by Crippen LogP contribution is -2.42. The minimum atomic E-state index is -0.605. The molecule has 5 heteroatoms. The number of aliphatic hydroxyl groups is 1. The van der Waals surface area contributed by atoms with Gasteiger partial charge in [0, 0.05) is 37.3 Å². The molecule has 1 aliphatic rings. The molecule has 1 aromatic heterocycles. The van der Waals surface area contributed by atoms with Crippen LogP contribution in [0.25, 0.3) is 11.3 Å². The Labute approximate surface area is 144 Å². The summed E-state index contributed by atoms with van der Waals surface area (Å²) in [4.78, 5) is 4.38. The number of rotatable bonds is 5. The van der Waals surface area contributed by atoms with Gasteiger partial charge < -0.3 is 10.0 Å². The summed E-state index contributed by atoms with van der Waals surface area (Å²) in [5, 5.41) is 18.2. The third kappa shape index (κ3) is 3.69. The molecule has 24 heavy (non-hydrogen) atoms. The fourth-order valence-corrected chi connectivity index (χ4v) is 3.70. The van der Waals surface area contributed by atoms with Crippen LogP contribution in [0, 0.1) is 13.8 Å². The molecular formula is C19H28N4O. The van der Waals surface area contributed by atoms with Gasteiger partial charge in [-0.15, -0.1) is 0 Å². The Bertz CT molecular complexity index is 709. The van der Waals surface area contributed by atoms with Crippen molar-refractivity contribution >= 4 is 0 Å². The van der Waals surface area contributed by atoms with E-state index in [1.54, 1.807) is 0 Å². The maximum atomic E-state index is 10.7. The number of likely N-dealkylation sites (tertiary alicyclic amines) is 1. The molecule has 0 amide bonds. The van der Waals surface area contributed by atoms with Crippen LogP contribution in [0.15, 0.2) is 24.4 Å². The minimum absolute atomic E-state index is 0.605. The molecule has 1 fully saturated rings. The van der Waals surface area contributed by atoms with E-state index in [2.05, 4.69) is 52.0 Å². The maximum absolute atomic E-state index is 10.7. The number of nitrogens with zero attached hydrogens (tertiary/aromatic N) is 3. The molecule has 0 bridgehead atoms. The zero-order valence-electron chi connectivity index (χ0n) is 15.1. The van der Waals surface area contributed by atoms with Crippen molar-refractivity contribution in [3.8, 4) is 11.3 Å². The fraction of sp³-hybridized carbons (Fsp3) is 0.526. The van der Waals surface area contributed by atoms with E-state index in [9.17, 15) is 5.11 Å². The lowest BCUT2D eigenvalue weighted by Gasteiger charge is -2.26. The largest absolute Gasteiger partial charge is 0.387 e. The first-order valence-corrected chi connectivity index (χ1v) is 8.56. The van der Waals surface area contributed by atoms with Crippen LogP contribution < -0.4 is 0 Å². The number of likely N-dealkylation sites (N-methyl/N-ethyl adjacent to an activating group) is 1. The third-order valence-corrected chi connectivity index (χ3v) is 4.80. The Morgan fingerprint density at radius 3 is 2.88 bits per heavy atom. The Hall–Kier alpha value is -1.69. The molecule has 5 nitrogen and oxygen atoms in total. The summed E-state index contributed by atoms with van der Waals surface area (Å²) in [7, 11) is 4.02. The molecule has 2 heterocycles. The standard InChI is InChI=1S/C19H28N4O/c1-14-5-6-15(2)17(9-14)18-16(10-20-21-18)11-23-8-7-19(24,13-23)12-22(3)4/h5-6,9-10,24H,7-8,11-13H2,1-4H3,(H,20,21). The van der Waals surface area contributed by atoms with Crippen LogP contribution in [-0.4, -0.2) is 64.4 Å². The van der Waals surface area contributed by atoms with Gasteiger partial charge in [0.25, 0.3) is 0 Å². The average molecular weight is 328 g/mol. The molecule has 1 aliphatic heterocycles. The summed E-state index contributed by atoms with van der Waals surface area (Å²) >= 11 is 0. The van der Waals surface area contributed by atoms with Gasteiger partial charge in [-0.3, -0.25) is 10.00 Å². The van der Waals surface area contributed by atoms with Gasteiger partial charge in [-0.25, -0.2) is 0 Å². The van der Waals surface area contributed by atoms with Crippen LogP contribution in [0.1, 0.15) is 23.1 Å². The molecule has 0 radical (unpaired) electrons. The Morgan fingerprint density at radius 2 is 2.12 bits per heavy atom. The van der Waals surface area contributed by atoms with Crippen molar-refractivity contribution in [1.82, 2.24) is 20.0 Å². The fourth-order valence-electron chi connectivity index (χ4n) is 3.70. The summed E-state index contributed by atoms with van der Waals surface area (Å²) in [5.41, 5.74) is 5.39. The second kappa shape index (κ2) is 6.67. The van der Waals surface area contributed by atoms with Crippen molar-refractivity contribution in [3.05, 3.63) is 41.1 Å². The number of aryl methyl sites for hydroxylation is 2. The second-order valence-electron chi connectivity index (χ2n) is 7.51. The number of hydrogen-bond donors (Lipinski definition) is 2. The van der Waals surface area contributed by atoms with Crippen LogP contribution in [0.4, 0.5) is 0 Å². The van der Waals surface area contributed by atoms with Gasteiger partial charge in [0.05, 0.1) is 17.5 Å². The van der Waals surface area contributed by atoms with E-state index in [1.807, 2.05) is 20.3 Å². The van der Waals surface area contributed by atoms with Crippen molar-refractivity contribution in [2.45, 2.75) is 32.4 Å². The van der Waals surface area contributed by atoms with Gasteiger partial charge in [-0.05, 0) is 46.0 Å². The van der Waals surface area contributed by atoms with Crippen LogP contribution in [-0.2, 0) is 6.54 Å². The van der Waals surface area contributed by atoms with Crippen molar-refractivity contribution in [2.75, 3.05) is 33.7 Å². The van der Waals surface area contributed by atoms with E-state index in [0.29, 0.717) is 13.1 Å². The Kier molecular flexibility index (Phi) is 4.76. The van der Waals surface area contributed by atoms with E-state index >= 15 is 0 Å². The monoisotopic (exact) mass is 328 g/mol. The molecule has 1 aromatic carbocycles. The number of nitrogens with one attached hydrogen (secondary N) is 1. The summed E-state index contributed by atoms with van der Waals surface area (Å²) in [5.74, 6) is 0.